The van der Waals surface area contributed by atoms with Gasteiger partial charge in [-0.25, -0.2) is 0 Å². The largest absolute Gasteiger partial charge is 0.307 e. The predicted octanol–water partition coefficient (Wildman–Crippen LogP) is 2.50. The van der Waals surface area contributed by atoms with Crippen molar-refractivity contribution in [2.45, 2.75) is 36.0 Å². The van der Waals surface area contributed by atoms with Crippen LogP contribution in [0.5, 0.6) is 0 Å². The monoisotopic (exact) mass is 239 g/mol. The molecule has 2 bridgehead atoms. The van der Waals surface area contributed by atoms with Gasteiger partial charge in [-0.1, -0.05) is 11.3 Å². The quantitative estimate of drug-likeness (QED) is 0.754. The van der Waals surface area contributed by atoms with E-state index in [0.717, 1.165) is 23.0 Å². The normalized spacial score (nSPS) is 41.6. The average Bonchev–Trinajstić information content (AvgIpc) is 2.85. The highest BCUT2D eigenvalue weighted by molar-refractivity contribution is 8.00. The molecular weight excluding hydrogens is 226 g/mol. The van der Waals surface area contributed by atoms with Gasteiger partial charge in [-0.3, -0.25) is 4.79 Å². The topological polar surface area (TPSA) is 32.9 Å². The maximum Gasteiger partial charge on any atom is 0.305 e. The van der Waals surface area contributed by atoms with E-state index in [2.05, 4.69) is 4.98 Å². The Morgan fingerprint density at radius 3 is 3.07 bits per heavy atom. The van der Waals surface area contributed by atoms with Gasteiger partial charge in [-0.2, -0.15) is 0 Å². The average molecular weight is 239 g/mol. The van der Waals surface area contributed by atoms with Crippen molar-refractivity contribution in [1.29, 1.82) is 0 Å². The molecule has 4 atom stereocenters. The number of fused-ring (bicyclic) bond motifs is 6. The molecule has 4 heteroatoms. The van der Waals surface area contributed by atoms with Gasteiger partial charge in [0.05, 0.1) is 5.03 Å². The summed E-state index contributed by atoms with van der Waals surface area (Å²) < 4.78 is 0. The lowest BCUT2D eigenvalue weighted by Gasteiger charge is -2.33. The maximum absolute atomic E-state index is 11.3. The molecule has 0 saturated heterocycles. The van der Waals surface area contributed by atoms with Gasteiger partial charge in [0, 0.05) is 10.1 Å². The van der Waals surface area contributed by atoms with Crippen LogP contribution in [0.3, 0.4) is 0 Å². The van der Waals surface area contributed by atoms with Crippen LogP contribution in [0.25, 0.3) is 0 Å². The second kappa shape index (κ2) is 2.92. The van der Waals surface area contributed by atoms with Crippen molar-refractivity contribution in [3.63, 3.8) is 0 Å². The van der Waals surface area contributed by atoms with Gasteiger partial charge in [-0.05, 0) is 43.4 Å². The molecule has 2 saturated carbocycles. The summed E-state index contributed by atoms with van der Waals surface area (Å²) in [6.07, 6.45) is 5.52. The van der Waals surface area contributed by atoms with Crippen LogP contribution in [-0.2, 0) is 6.42 Å². The summed E-state index contributed by atoms with van der Waals surface area (Å²) in [6, 6.07) is 0. The molecule has 2 aliphatic carbocycles. The van der Waals surface area contributed by atoms with Crippen LogP contribution in [-0.4, -0.2) is 10.2 Å². The van der Waals surface area contributed by atoms with Crippen LogP contribution in [0.2, 0.25) is 0 Å². The van der Waals surface area contributed by atoms with Gasteiger partial charge >= 0.3 is 4.87 Å². The second-order valence-corrected chi connectivity index (χ2v) is 7.31. The Kier molecular flexibility index (Phi) is 1.73. The van der Waals surface area contributed by atoms with Crippen molar-refractivity contribution in [3.8, 4) is 0 Å². The summed E-state index contributed by atoms with van der Waals surface area (Å²) in [4.78, 5) is 15.8. The summed E-state index contributed by atoms with van der Waals surface area (Å²) >= 11 is 3.40. The lowest BCUT2D eigenvalue weighted by atomic mass is 9.85. The molecule has 0 aromatic carbocycles. The van der Waals surface area contributed by atoms with Crippen molar-refractivity contribution in [2.75, 3.05) is 0 Å². The Balaban J connectivity index is 1.77. The highest BCUT2D eigenvalue weighted by Crippen LogP contribution is 2.58. The van der Waals surface area contributed by atoms with E-state index in [0.29, 0.717) is 0 Å². The third-order valence-corrected chi connectivity index (χ3v) is 6.99. The summed E-state index contributed by atoms with van der Waals surface area (Å²) in [5.41, 5.74) is 0. The van der Waals surface area contributed by atoms with Gasteiger partial charge in [0.25, 0.3) is 0 Å². The smallest absolute Gasteiger partial charge is 0.305 e. The third kappa shape index (κ3) is 1.15. The number of aromatic nitrogens is 1. The lowest BCUT2D eigenvalue weighted by Crippen LogP contribution is -2.29. The number of hydrogen-bond acceptors (Lipinski definition) is 3. The minimum atomic E-state index is 0.139. The Hall–Kier alpha value is -0.220. The molecule has 15 heavy (non-hydrogen) atoms. The lowest BCUT2D eigenvalue weighted by molar-refractivity contribution is 0.337. The first-order valence-corrected chi connectivity index (χ1v) is 7.39. The summed E-state index contributed by atoms with van der Waals surface area (Å²) in [7, 11) is 0. The van der Waals surface area contributed by atoms with Crippen molar-refractivity contribution in [2.24, 2.45) is 17.8 Å². The van der Waals surface area contributed by atoms with E-state index >= 15 is 0 Å². The van der Waals surface area contributed by atoms with Crippen LogP contribution >= 0.6 is 23.1 Å². The number of thioether (sulfide) groups is 1. The number of H-pyrrole nitrogens is 1. The van der Waals surface area contributed by atoms with Gasteiger partial charge in [-0.15, -0.1) is 11.8 Å². The van der Waals surface area contributed by atoms with Crippen molar-refractivity contribution >= 4 is 23.1 Å². The highest BCUT2D eigenvalue weighted by atomic mass is 32.2. The molecule has 1 aliphatic heterocycles. The number of aromatic amines is 1. The highest BCUT2D eigenvalue weighted by Gasteiger charge is 2.50. The molecule has 1 aromatic rings. The minimum Gasteiger partial charge on any atom is -0.307 e. The second-order valence-electron chi connectivity index (χ2n) is 5.05. The third-order valence-electron chi connectivity index (χ3n) is 4.37. The number of hydrogen-bond donors (Lipinski definition) is 1. The summed E-state index contributed by atoms with van der Waals surface area (Å²) in [5, 5.41) is 2.01. The van der Waals surface area contributed by atoms with Crippen LogP contribution in [0, 0.1) is 17.8 Å². The van der Waals surface area contributed by atoms with Crippen molar-refractivity contribution in [1.82, 2.24) is 4.98 Å². The minimum absolute atomic E-state index is 0.139. The molecule has 0 radical (unpaired) electrons. The zero-order chi connectivity index (χ0) is 9.99. The molecule has 3 aliphatic rings. The van der Waals surface area contributed by atoms with Gasteiger partial charge in [0.1, 0.15) is 0 Å². The van der Waals surface area contributed by atoms with Crippen LogP contribution in [0.15, 0.2) is 9.82 Å². The fourth-order valence-corrected chi connectivity index (χ4v) is 6.45. The zero-order valence-corrected chi connectivity index (χ0v) is 10.00. The van der Waals surface area contributed by atoms with Gasteiger partial charge < -0.3 is 4.98 Å². The van der Waals surface area contributed by atoms with E-state index in [-0.39, 0.29) is 4.87 Å². The van der Waals surface area contributed by atoms with E-state index in [1.54, 1.807) is 0 Å². The first-order chi connectivity index (χ1) is 7.31. The molecule has 1 N–H and O–H groups in total. The fraction of sp³-hybridized carbons (Fsp3) is 0.727. The SMILES string of the molecule is O=c1[nH]c2c(s1)CC1[C@H]3CC[C@H](C3)[C@@H]1S2. The molecule has 4 rings (SSSR count). The molecule has 1 unspecified atom stereocenters. The van der Waals surface area contributed by atoms with E-state index in [4.69, 9.17) is 0 Å². The molecule has 0 spiro atoms. The number of thiazole rings is 1. The molecule has 1 aromatic heterocycles. The molecule has 80 valence electrons. The van der Waals surface area contributed by atoms with Crippen LogP contribution in [0.4, 0.5) is 0 Å². The standard InChI is InChI=1S/C11H13NOS2/c13-11-12-10-8(14-11)4-7-5-1-2-6(3-5)9(7)15-10/h5-7,9H,1-4H2,(H,12,13)/t5-,6+,7?,9-/m0/s1. The van der Waals surface area contributed by atoms with E-state index in [9.17, 15) is 4.79 Å². The van der Waals surface area contributed by atoms with Crippen LogP contribution in [0.1, 0.15) is 24.1 Å². The Labute approximate surface area is 96.5 Å². The summed E-state index contributed by atoms with van der Waals surface area (Å²) in [5.74, 6) is 2.80. The molecule has 2 nitrogen and oxygen atoms in total. The molecular formula is C11H13NOS2. The Morgan fingerprint density at radius 2 is 2.13 bits per heavy atom. The fourth-order valence-electron chi connectivity index (χ4n) is 3.75. The Morgan fingerprint density at radius 1 is 1.27 bits per heavy atom. The number of rotatable bonds is 0. The first kappa shape index (κ1) is 8.88. The van der Waals surface area contributed by atoms with E-state index < -0.39 is 0 Å². The van der Waals surface area contributed by atoms with E-state index in [1.165, 1.54) is 46.9 Å². The Bertz CT molecular complexity index is 425. The van der Waals surface area contributed by atoms with Crippen LogP contribution < -0.4 is 4.87 Å². The summed E-state index contributed by atoms with van der Waals surface area (Å²) in [6.45, 7) is 0. The predicted molar refractivity (Wildman–Crippen MR) is 62.6 cm³/mol. The molecule has 0 amide bonds. The first-order valence-electron chi connectivity index (χ1n) is 5.70. The van der Waals surface area contributed by atoms with Gasteiger partial charge in [0.2, 0.25) is 0 Å². The van der Waals surface area contributed by atoms with Crippen molar-refractivity contribution < 1.29 is 0 Å². The van der Waals surface area contributed by atoms with E-state index in [1.807, 2.05) is 11.8 Å². The van der Waals surface area contributed by atoms with Crippen molar-refractivity contribution in [3.05, 3.63) is 14.5 Å². The molecule has 2 heterocycles. The zero-order valence-electron chi connectivity index (χ0n) is 8.36. The maximum atomic E-state index is 11.3. The van der Waals surface area contributed by atoms with Gasteiger partial charge in [0.15, 0.2) is 0 Å². The number of nitrogens with one attached hydrogen (secondary N) is 1. The molecule has 2 fully saturated rings.